The summed E-state index contributed by atoms with van der Waals surface area (Å²) in [7, 11) is 1.77. The van der Waals surface area contributed by atoms with Gasteiger partial charge in [-0.3, -0.25) is 14.4 Å². The van der Waals surface area contributed by atoms with Crippen LogP contribution in [-0.4, -0.2) is 26.6 Å². The van der Waals surface area contributed by atoms with E-state index in [4.69, 9.17) is 4.74 Å². The molecule has 2 aromatic heterocycles. The number of amides is 1. The Morgan fingerprint density at radius 1 is 1.25 bits per heavy atom. The molecule has 0 atom stereocenters. The summed E-state index contributed by atoms with van der Waals surface area (Å²) in [5.74, 6) is -0.577. The second-order valence-corrected chi connectivity index (χ2v) is 7.18. The van der Waals surface area contributed by atoms with Gasteiger partial charge in [0.2, 0.25) is 5.91 Å². The Bertz CT molecular complexity index is 991. The van der Waals surface area contributed by atoms with Crippen LogP contribution >= 0.6 is 11.3 Å². The molecule has 3 aromatic rings. The molecule has 0 aliphatic heterocycles. The summed E-state index contributed by atoms with van der Waals surface area (Å²) < 4.78 is 6.96. The van der Waals surface area contributed by atoms with Gasteiger partial charge >= 0.3 is 5.97 Å². The maximum atomic E-state index is 12.2. The van der Waals surface area contributed by atoms with Crippen molar-refractivity contribution in [3.05, 3.63) is 58.4 Å². The topological polar surface area (TPSA) is 77.3 Å². The maximum absolute atomic E-state index is 12.2. The number of benzene rings is 1. The molecule has 0 aliphatic rings. The Labute approximate surface area is 167 Å². The molecule has 0 aliphatic carbocycles. The molecule has 0 bridgehead atoms. The number of carbonyl (C=O) groups excluding carboxylic acids is 2. The van der Waals surface area contributed by atoms with E-state index in [2.05, 4.69) is 17.0 Å². The highest BCUT2D eigenvalue weighted by molar-refractivity contribution is 7.14. The Balaban J connectivity index is 1.73. The largest absolute Gasteiger partial charge is 0.455 e. The van der Waals surface area contributed by atoms with E-state index in [-0.39, 0.29) is 12.5 Å². The van der Waals surface area contributed by atoms with Gasteiger partial charge in [-0.15, -0.1) is 11.3 Å². The van der Waals surface area contributed by atoms with Crippen LogP contribution in [0.5, 0.6) is 0 Å². The number of hydrogen-bond donors (Lipinski definition) is 0. The highest BCUT2D eigenvalue weighted by atomic mass is 32.1. The first-order chi connectivity index (χ1) is 13.4. The van der Waals surface area contributed by atoms with Crippen LogP contribution in [0.1, 0.15) is 41.2 Å². The van der Waals surface area contributed by atoms with Gasteiger partial charge in [-0.1, -0.05) is 19.1 Å². The van der Waals surface area contributed by atoms with E-state index in [0.29, 0.717) is 16.4 Å². The van der Waals surface area contributed by atoms with Crippen LogP contribution in [0.25, 0.3) is 0 Å². The number of rotatable bonds is 6. The van der Waals surface area contributed by atoms with Crippen LogP contribution < -0.4 is 4.90 Å². The first-order valence-electron chi connectivity index (χ1n) is 8.90. The molecule has 0 saturated heterocycles. The number of nitrogens with zero attached hydrogens (tertiary/aromatic N) is 4. The molecule has 1 aromatic carbocycles. The van der Waals surface area contributed by atoms with Crippen molar-refractivity contribution >= 4 is 34.0 Å². The number of anilines is 2. The van der Waals surface area contributed by atoms with Crippen molar-refractivity contribution in [1.82, 2.24) is 14.8 Å². The summed E-state index contributed by atoms with van der Waals surface area (Å²) in [6.45, 7) is 5.42. The van der Waals surface area contributed by atoms with Crippen molar-refractivity contribution < 1.29 is 14.3 Å². The molecule has 146 valence electrons. The molecule has 3 rings (SSSR count). The zero-order valence-corrected chi connectivity index (χ0v) is 17.1. The molecule has 0 fully saturated rings. The molecule has 7 nitrogen and oxygen atoms in total. The second-order valence-electron chi connectivity index (χ2n) is 6.34. The SMILES string of the molecule is CCc1ccc(N(C(C)=O)c2nc(COC(=O)c3cnn(C)c3C)cs2)cc1. The van der Waals surface area contributed by atoms with Crippen molar-refractivity contribution in [3.8, 4) is 0 Å². The summed E-state index contributed by atoms with van der Waals surface area (Å²) >= 11 is 1.33. The van der Waals surface area contributed by atoms with Gasteiger partial charge in [-0.25, -0.2) is 9.78 Å². The summed E-state index contributed by atoms with van der Waals surface area (Å²) in [5, 5.41) is 6.37. The van der Waals surface area contributed by atoms with Crippen LogP contribution in [0, 0.1) is 6.92 Å². The van der Waals surface area contributed by atoms with Gasteiger partial charge in [0, 0.05) is 25.0 Å². The van der Waals surface area contributed by atoms with E-state index in [9.17, 15) is 9.59 Å². The Morgan fingerprint density at radius 3 is 2.54 bits per heavy atom. The Morgan fingerprint density at radius 2 is 1.96 bits per heavy atom. The summed E-state index contributed by atoms with van der Waals surface area (Å²) in [6.07, 6.45) is 2.42. The van der Waals surface area contributed by atoms with Crippen LogP contribution in [0.3, 0.4) is 0 Å². The van der Waals surface area contributed by atoms with Gasteiger partial charge in [0.1, 0.15) is 12.2 Å². The van der Waals surface area contributed by atoms with E-state index in [1.165, 1.54) is 30.0 Å². The highest BCUT2D eigenvalue weighted by Gasteiger charge is 2.19. The molecule has 2 heterocycles. The van der Waals surface area contributed by atoms with Gasteiger partial charge in [0.05, 0.1) is 17.6 Å². The molecule has 0 N–H and O–H groups in total. The smallest absolute Gasteiger partial charge is 0.342 e. The third kappa shape index (κ3) is 4.12. The first-order valence-corrected chi connectivity index (χ1v) is 9.78. The lowest BCUT2D eigenvalue weighted by Gasteiger charge is -2.18. The predicted molar refractivity (Wildman–Crippen MR) is 108 cm³/mol. The zero-order chi connectivity index (χ0) is 20.3. The van der Waals surface area contributed by atoms with Crippen molar-refractivity contribution in [3.63, 3.8) is 0 Å². The van der Waals surface area contributed by atoms with Crippen LogP contribution in [0.4, 0.5) is 10.8 Å². The average molecular weight is 398 g/mol. The van der Waals surface area contributed by atoms with Gasteiger partial charge in [0.25, 0.3) is 0 Å². The number of carbonyl (C=O) groups is 2. The van der Waals surface area contributed by atoms with Crippen LogP contribution in [-0.2, 0) is 29.6 Å². The number of aryl methyl sites for hydroxylation is 2. The minimum atomic E-state index is -0.446. The fourth-order valence-corrected chi connectivity index (χ4v) is 3.56. The molecular formula is C20H22N4O3S. The van der Waals surface area contributed by atoms with Crippen molar-refractivity contribution in [1.29, 1.82) is 0 Å². The third-order valence-corrected chi connectivity index (χ3v) is 5.33. The lowest BCUT2D eigenvalue weighted by molar-refractivity contribution is -0.115. The lowest BCUT2D eigenvalue weighted by Crippen LogP contribution is -2.22. The van der Waals surface area contributed by atoms with E-state index < -0.39 is 5.97 Å². The third-order valence-electron chi connectivity index (χ3n) is 4.45. The van der Waals surface area contributed by atoms with Crippen molar-refractivity contribution in [2.24, 2.45) is 7.05 Å². The summed E-state index contributed by atoms with van der Waals surface area (Å²) in [4.78, 5) is 30.4. The Hall–Kier alpha value is -3.00. The van der Waals surface area contributed by atoms with Gasteiger partial charge in [-0.05, 0) is 31.0 Å². The minimum absolute atomic E-state index is 0.0319. The van der Waals surface area contributed by atoms with E-state index in [1.807, 2.05) is 24.3 Å². The van der Waals surface area contributed by atoms with Crippen LogP contribution in [0.15, 0.2) is 35.8 Å². The van der Waals surface area contributed by atoms with Crippen molar-refractivity contribution in [2.75, 3.05) is 4.90 Å². The number of esters is 1. The van der Waals surface area contributed by atoms with Crippen molar-refractivity contribution in [2.45, 2.75) is 33.8 Å². The highest BCUT2D eigenvalue weighted by Crippen LogP contribution is 2.29. The molecule has 0 radical (unpaired) electrons. The molecule has 1 amide bonds. The summed E-state index contributed by atoms with van der Waals surface area (Å²) in [5.41, 5.74) is 3.71. The standard InChI is InChI=1S/C20H22N4O3S/c1-5-15-6-8-17(9-7-15)24(14(3)25)20-22-16(12-28-20)11-27-19(26)18-10-21-23(4)13(18)2/h6-10,12H,5,11H2,1-4H3. The number of aromatic nitrogens is 3. The molecule has 28 heavy (non-hydrogen) atoms. The fraction of sp³-hybridized carbons (Fsp3) is 0.300. The normalized spacial score (nSPS) is 10.7. The van der Waals surface area contributed by atoms with Crippen LogP contribution in [0.2, 0.25) is 0 Å². The number of thiazole rings is 1. The van der Waals surface area contributed by atoms with Gasteiger partial charge < -0.3 is 4.74 Å². The zero-order valence-electron chi connectivity index (χ0n) is 16.3. The Kier molecular flexibility index (Phi) is 5.89. The van der Waals surface area contributed by atoms with E-state index >= 15 is 0 Å². The predicted octanol–water partition coefficient (Wildman–Crippen LogP) is 3.79. The maximum Gasteiger partial charge on any atom is 0.342 e. The monoisotopic (exact) mass is 398 g/mol. The molecule has 8 heteroatoms. The number of ether oxygens (including phenoxy) is 1. The average Bonchev–Trinajstić information content (AvgIpc) is 3.27. The molecule has 0 spiro atoms. The van der Waals surface area contributed by atoms with Gasteiger partial charge in [-0.2, -0.15) is 5.10 Å². The second kappa shape index (κ2) is 8.35. The fourth-order valence-electron chi connectivity index (χ4n) is 2.69. The van der Waals surface area contributed by atoms with Gasteiger partial charge in [0.15, 0.2) is 5.13 Å². The number of hydrogen-bond acceptors (Lipinski definition) is 6. The van der Waals surface area contributed by atoms with E-state index in [0.717, 1.165) is 17.8 Å². The quantitative estimate of drug-likeness (QED) is 0.591. The molecule has 0 saturated carbocycles. The minimum Gasteiger partial charge on any atom is -0.455 e. The van der Waals surface area contributed by atoms with E-state index in [1.54, 1.807) is 28.9 Å². The molecular weight excluding hydrogens is 376 g/mol. The lowest BCUT2D eigenvalue weighted by atomic mass is 10.1. The first kappa shape index (κ1) is 19.8. The summed E-state index contributed by atoms with van der Waals surface area (Å²) in [6, 6.07) is 7.81. The molecule has 0 unspecified atom stereocenters.